The Kier molecular flexibility index (Phi) is 5.62. The highest BCUT2D eigenvalue weighted by Gasteiger charge is 2.20. The average Bonchev–Trinajstić information content (AvgIpc) is 1.81. The Morgan fingerprint density at radius 1 is 1.23 bits per heavy atom. The normalized spacial score (nSPS) is 12.9. The van der Waals surface area contributed by atoms with Gasteiger partial charge in [0.2, 0.25) is 0 Å². The molecule has 0 spiro atoms. The van der Waals surface area contributed by atoms with E-state index in [1.165, 1.54) is 25.9 Å². The molecule has 0 rings (SSSR count). The molecule has 0 radical (unpaired) electrons. The molecule has 0 aromatic carbocycles. The molecule has 0 aliphatic heterocycles. The monoisotopic (exact) mass is 185 g/mol. The van der Waals surface area contributed by atoms with E-state index in [4.69, 9.17) is 0 Å². The second kappa shape index (κ2) is 5.64. The van der Waals surface area contributed by atoms with Gasteiger partial charge in [-0.3, -0.25) is 0 Å². The maximum Gasteiger partial charge on any atom is 0.00297 e. The summed E-state index contributed by atoms with van der Waals surface area (Å²) in [5, 5.41) is 0. The largest absolute Gasteiger partial charge is 0.306 e. The number of nitrogens with zero attached hydrogens (tertiary/aromatic N) is 1. The fourth-order valence-corrected chi connectivity index (χ4v) is 2.36. The van der Waals surface area contributed by atoms with Crippen LogP contribution in [-0.2, 0) is 0 Å². The fourth-order valence-electron chi connectivity index (χ4n) is 2.36. The molecule has 0 aromatic rings. The second-order valence-electron chi connectivity index (χ2n) is 5.50. The Hall–Kier alpha value is -0.0400. The minimum atomic E-state index is 0.470. The van der Waals surface area contributed by atoms with E-state index in [0.29, 0.717) is 5.41 Å². The van der Waals surface area contributed by atoms with Crippen LogP contribution in [0.15, 0.2) is 0 Å². The predicted molar refractivity (Wildman–Crippen MR) is 61.0 cm³/mol. The second-order valence-corrected chi connectivity index (χ2v) is 5.50. The molecule has 1 nitrogen and oxygen atoms in total. The quantitative estimate of drug-likeness (QED) is 0.613. The molecule has 0 aromatic heterocycles. The van der Waals surface area contributed by atoms with Gasteiger partial charge in [-0.2, -0.15) is 0 Å². The lowest BCUT2D eigenvalue weighted by Gasteiger charge is -2.31. The highest BCUT2D eigenvalue weighted by Crippen LogP contribution is 2.25. The number of hydrogen-bond donors (Lipinski definition) is 0. The van der Waals surface area contributed by atoms with Gasteiger partial charge in [0.25, 0.3) is 0 Å². The molecule has 0 atom stereocenters. The van der Waals surface area contributed by atoms with Gasteiger partial charge in [-0.05, 0) is 37.8 Å². The first-order chi connectivity index (χ1) is 5.87. The average molecular weight is 185 g/mol. The lowest BCUT2D eigenvalue weighted by Crippen LogP contribution is -2.32. The van der Waals surface area contributed by atoms with Crippen LogP contribution in [0.3, 0.4) is 0 Å². The molecule has 0 saturated carbocycles. The third-order valence-electron chi connectivity index (χ3n) is 2.26. The molecule has 0 unspecified atom stereocenters. The Labute approximate surface area is 84.5 Å². The van der Waals surface area contributed by atoms with Gasteiger partial charge in [-0.25, -0.2) is 0 Å². The zero-order valence-electron chi connectivity index (χ0n) is 10.4. The first-order valence-corrected chi connectivity index (χ1v) is 5.56. The van der Waals surface area contributed by atoms with Crippen LogP contribution < -0.4 is 0 Å². The van der Waals surface area contributed by atoms with Crippen molar-refractivity contribution in [1.29, 1.82) is 0 Å². The topological polar surface area (TPSA) is 3.24 Å². The highest BCUT2D eigenvalue weighted by molar-refractivity contribution is 4.73. The van der Waals surface area contributed by atoms with Gasteiger partial charge in [0, 0.05) is 6.54 Å². The summed E-state index contributed by atoms with van der Waals surface area (Å²) in [6.07, 6.45) is 2.58. The Morgan fingerprint density at radius 3 is 2.15 bits per heavy atom. The fraction of sp³-hybridized carbons (Fsp3) is 1.00. The number of rotatable bonds is 6. The molecule has 0 fully saturated rings. The molecule has 0 bridgehead atoms. The lowest BCUT2D eigenvalue weighted by atomic mass is 9.83. The van der Waals surface area contributed by atoms with Crippen molar-refractivity contribution in [2.24, 2.45) is 11.3 Å². The standard InChI is InChI=1S/C12H27N/c1-7-8-13(6)10-12(4,5)9-11(2)3/h11H,7-10H2,1-6H3. The predicted octanol–water partition coefficient (Wildman–Crippen LogP) is 3.40. The van der Waals surface area contributed by atoms with E-state index in [2.05, 4.69) is 46.6 Å². The molecule has 0 amide bonds. The molecule has 1 heteroatoms. The summed E-state index contributed by atoms with van der Waals surface area (Å²) in [4.78, 5) is 2.45. The summed E-state index contributed by atoms with van der Waals surface area (Å²) < 4.78 is 0. The minimum Gasteiger partial charge on any atom is -0.306 e. The first kappa shape index (κ1) is 13.0. The van der Waals surface area contributed by atoms with Gasteiger partial charge in [-0.15, -0.1) is 0 Å². The van der Waals surface area contributed by atoms with Gasteiger partial charge in [-0.1, -0.05) is 34.6 Å². The molecule has 0 N–H and O–H groups in total. The lowest BCUT2D eigenvalue weighted by molar-refractivity contribution is 0.180. The van der Waals surface area contributed by atoms with Crippen molar-refractivity contribution in [3.63, 3.8) is 0 Å². The summed E-state index contributed by atoms with van der Waals surface area (Å²) >= 11 is 0. The van der Waals surface area contributed by atoms with Crippen molar-refractivity contribution in [3.8, 4) is 0 Å². The van der Waals surface area contributed by atoms with Crippen molar-refractivity contribution in [1.82, 2.24) is 4.90 Å². The van der Waals surface area contributed by atoms with E-state index < -0.39 is 0 Å². The molecule has 0 saturated heterocycles. The molecular weight excluding hydrogens is 158 g/mol. The van der Waals surface area contributed by atoms with Crippen LogP contribution in [-0.4, -0.2) is 25.0 Å². The van der Waals surface area contributed by atoms with Gasteiger partial charge in [0.15, 0.2) is 0 Å². The highest BCUT2D eigenvalue weighted by atomic mass is 15.1. The van der Waals surface area contributed by atoms with Crippen LogP contribution in [0.4, 0.5) is 0 Å². The van der Waals surface area contributed by atoms with Crippen LogP contribution in [0.1, 0.15) is 47.5 Å². The third-order valence-corrected chi connectivity index (χ3v) is 2.26. The third kappa shape index (κ3) is 7.06. The van der Waals surface area contributed by atoms with Crippen LogP contribution in [0.25, 0.3) is 0 Å². The van der Waals surface area contributed by atoms with Crippen molar-refractivity contribution in [3.05, 3.63) is 0 Å². The van der Waals surface area contributed by atoms with Crippen LogP contribution in [0, 0.1) is 11.3 Å². The van der Waals surface area contributed by atoms with Gasteiger partial charge >= 0.3 is 0 Å². The molecule has 0 heterocycles. The van der Waals surface area contributed by atoms with Crippen LogP contribution >= 0.6 is 0 Å². The zero-order chi connectivity index (χ0) is 10.5. The Bertz CT molecular complexity index is 127. The van der Waals surface area contributed by atoms with E-state index in [0.717, 1.165) is 5.92 Å². The van der Waals surface area contributed by atoms with E-state index in [1.807, 2.05) is 0 Å². The van der Waals surface area contributed by atoms with E-state index in [1.54, 1.807) is 0 Å². The number of hydrogen-bond acceptors (Lipinski definition) is 1. The first-order valence-electron chi connectivity index (χ1n) is 5.56. The Morgan fingerprint density at radius 2 is 1.77 bits per heavy atom. The van der Waals surface area contributed by atoms with Crippen molar-refractivity contribution in [2.45, 2.75) is 47.5 Å². The van der Waals surface area contributed by atoms with Crippen LogP contribution in [0.2, 0.25) is 0 Å². The minimum absolute atomic E-state index is 0.470. The van der Waals surface area contributed by atoms with Crippen molar-refractivity contribution >= 4 is 0 Å². The van der Waals surface area contributed by atoms with Gasteiger partial charge in [0.05, 0.1) is 0 Å². The van der Waals surface area contributed by atoms with E-state index in [-0.39, 0.29) is 0 Å². The van der Waals surface area contributed by atoms with Crippen LogP contribution in [0.5, 0.6) is 0 Å². The molecule has 80 valence electrons. The van der Waals surface area contributed by atoms with Gasteiger partial charge in [0.1, 0.15) is 0 Å². The summed E-state index contributed by atoms with van der Waals surface area (Å²) in [5.74, 6) is 0.810. The summed E-state index contributed by atoms with van der Waals surface area (Å²) in [5.41, 5.74) is 0.470. The Balaban J connectivity index is 3.85. The smallest absolute Gasteiger partial charge is 0.00297 e. The summed E-state index contributed by atoms with van der Waals surface area (Å²) in [7, 11) is 2.23. The zero-order valence-corrected chi connectivity index (χ0v) is 10.4. The van der Waals surface area contributed by atoms with Gasteiger partial charge < -0.3 is 4.90 Å². The maximum absolute atomic E-state index is 2.45. The SMILES string of the molecule is CCCN(C)CC(C)(C)CC(C)C. The summed E-state index contributed by atoms with van der Waals surface area (Å²) in [6.45, 7) is 14.0. The van der Waals surface area contributed by atoms with Crippen molar-refractivity contribution in [2.75, 3.05) is 20.1 Å². The maximum atomic E-state index is 2.45. The molecular formula is C12H27N. The molecule has 0 aliphatic rings. The summed E-state index contributed by atoms with van der Waals surface area (Å²) in [6, 6.07) is 0. The van der Waals surface area contributed by atoms with E-state index >= 15 is 0 Å². The molecule has 13 heavy (non-hydrogen) atoms. The van der Waals surface area contributed by atoms with E-state index in [9.17, 15) is 0 Å². The van der Waals surface area contributed by atoms with Crippen molar-refractivity contribution < 1.29 is 0 Å². The molecule has 0 aliphatic carbocycles.